The third-order valence-electron chi connectivity index (χ3n) is 5.74. The molecule has 0 bridgehead atoms. The number of benzene rings is 2. The summed E-state index contributed by atoms with van der Waals surface area (Å²) < 4.78 is 5.38. The van der Waals surface area contributed by atoms with Crippen molar-refractivity contribution in [1.29, 1.82) is 0 Å². The summed E-state index contributed by atoms with van der Waals surface area (Å²) >= 11 is 0. The van der Waals surface area contributed by atoms with Crippen LogP contribution >= 0.6 is 0 Å². The summed E-state index contributed by atoms with van der Waals surface area (Å²) in [7, 11) is 0. The summed E-state index contributed by atoms with van der Waals surface area (Å²) in [4.78, 5) is 21.2. The van der Waals surface area contributed by atoms with Gasteiger partial charge in [0.05, 0.1) is 23.9 Å². The highest BCUT2D eigenvalue weighted by Crippen LogP contribution is 2.35. The number of fused-ring (bicyclic) bond motifs is 1. The molecule has 0 saturated heterocycles. The Balaban J connectivity index is 1.54. The number of hydrogen-bond donors (Lipinski definition) is 2. The number of aromatic hydroxyl groups is 1. The maximum absolute atomic E-state index is 12.3. The number of carbonyl (C=O) groups excluding carboxylic acids is 1. The lowest BCUT2D eigenvalue weighted by molar-refractivity contribution is 0.0498. The van der Waals surface area contributed by atoms with Gasteiger partial charge < -0.3 is 15.2 Å². The zero-order chi connectivity index (χ0) is 23.8. The summed E-state index contributed by atoms with van der Waals surface area (Å²) in [5.41, 5.74) is 3.26. The van der Waals surface area contributed by atoms with E-state index in [0.29, 0.717) is 23.3 Å². The highest BCUT2D eigenvalue weighted by Gasteiger charge is 2.21. The first-order valence-electron chi connectivity index (χ1n) is 11.7. The van der Waals surface area contributed by atoms with E-state index in [4.69, 9.17) is 4.74 Å². The van der Waals surface area contributed by atoms with Gasteiger partial charge in [0.2, 0.25) is 0 Å². The zero-order valence-electron chi connectivity index (χ0n) is 19.3. The van der Waals surface area contributed by atoms with E-state index in [-0.39, 0.29) is 11.7 Å². The minimum absolute atomic E-state index is 0.115. The molecule has 2 N–H and O–H groups in total. The number of unbranched alkanes of at least 4 members (excludes halogenated alkanes) is 3. The fourth-order valence-electron chi connectivity index (χ4n) is 3.88. The molecule has 4 rings (SSSR count). The second-order valence-corrected chi connectivity index (χ2v) is 8.18. The summed E-state index contributed by atoms with van der Waals surface area (Å²) in [5.74, 6) is -0.202. The lowest BCUT2D eigenvalue weighted by atomic mass is 9.99. The molecular formula is C28H29N3O3. The first-order valence-corrected chi connectivity index (χ1v) is 11.7. The monoisotopic (exact) mass is 455 g/mol. The maximum Gasteiger partial charge on any atom is 0.338 e. The Morgan fingerprint density at radius 2 is 1.76 bits per heavy atom. The molecule has 0 amide bonds. The van der Waals surface area contributed by atoms with Gasteiger partial charge in [-0.1, -0.05) is 50.5 Å². The number of anilines is 1. The van der Waals surface area contributed by atoms with Gasteiger partial charge in [0.1, 0.15) is 11.3 Å². The van der Waals surface area contributed by atoms with Crippen LogP contribution in [-0.2, 0) is 4.74 Å². The van der Waals surface area contributed by atoms with Gasteiger partial charge in [0.15, 0.2) is 0 Å². The molecule has 6 heteroatoms. The van der Waals surface area contributed by atoms with E-state index in [1.807, 2.05) is 54.6 Å². The summed E-state index contributed by atoms with van der Waals surface area (Å²) in [6, 6.07) is 20.0. The SMILES string of the molecule is CCCCCCOC(=O)c1ccc(NC(c2ccccn2)c2ccc3cccnc3c2O)cc1. The predicted octanol–water partition coefficient (Wildman–Crippen LogP) is 6.27. The average Bonchev–Trinajstić information content (AvgIpc) is 2.88. The molecule has 0 aliphatic heterocycles. The lowest BCUT2D eigenvalue weighted by Gasteiger charge is -2.21. The topological polar surface area (TPSA) is 84.3 Å². The van der Waals surface area contributed by atoms with Gasteiger partial charge >= 0.3 is 5.97 Å². The van der Waals surface area contributed by atoms with Crippen molar-refractivity contribution in [3.05, 3.63) is 95.9 Å². The molecule has 4 aromatic rings. The van der Waals surface area contributed by atoms with Crippen LogP contribution in [0.4, 0.5) is 5.69 Å². The number of rotatable bonds is 10. The Hall–Kier alpha value is -3.93. The third kappa shape index (κ3) is 5.52. The molecule has 1 atom stereocenters. The fourth-order valence-corrected chi connectivity index (χ4v) is 3.88. The van der Waals surface area contributed by atoms with Crippen LogP contribution in [0.2, 0.25) is 0 Å². The Kier molecular flexibility index (Phi) is 7.71. The Morgan fingerprint density at radius 3 is 2.53 bits per heavy atom. The van der Waals surface area contributed by atoms with Crippen LogP contribution < -0.4 is 5.32 Å². The number of pyridine rings is 2. The molecule has 6 nitrogen and oxygen atoms in total. The smallest absolute Gasteiger partial charge is 0.338 e. The molecule has 0 saturated carbocycles. The van der Waals surface area contributed by atoms with Crippen molar-refractivity contribution >= 4 is 22.6 Å². The predicted molar refractivity (Wildman–Crippen MR) is 134 cm³/mol. The largest absolute Gasteiger partial charge is 0.505 e. The molecule has 1 unspecified atom stereocenters. The van der Waals surface area contributed by atoms with Crippen LogP contribution in [0.1, 0.15) is 60.3 Å². The second kappa shape index (κ2) is 11.3. The van der Waals surface area contributed by atoms with Crippen molar-refractivity contribution in [1.82, 2.24) is 9.97 Å². The molecule has 0 spiro atoms. The standard InChI is InChI=1S/C28H29N3O3/c1-2-3-4-7-19-34-28(33)21-11-14-22(15-12-21)31-26(24-10-5-6-17-29-24)23-16-13-20-9-8-18-30-25(20)27(23)32/h5-6,8-18,26,31-32H,2-4,7,19H2,1H3. The molecule has 0 fully saturated rings. The number of carbonyl (C=O) groups is 1. The van der Waals surface area contributed by atoms with Gasteiger partial charge in [-0.25, -0.2) is 4.79 Å². The van der Waals surface area contributed by atoms with Crippen LogP contribution in [0.3, 0.4) is 0 Å². The number of hydrogen-bond acceptors (Lipinski definition) is 6. The van der Waals surface area contributed by atoms with Crippen LogP contribution in [0, 0.1) is 0 Å². The van der Waals surface area contributed by atoms with E-state index in [1.165, 1.54) is 0 Å². The van der Waals surface area contributed by atoms with Crippen molar-refractivity contribution in [2.24, 2.45) is 0 Å². The molecule has 0 aliphatic carbocycles. The van der Waals surface area contributed by atoms with Crippen LogP contribution in [0.25, 0.3) is 10.9 Å². The van der Waals surface area contributed by atoms with Gasteiger partial charge in [-0.2, -0.15) is 0 Å². The lowest BCUT2D eigenvalue weighted by Crippen LogP contribution is -2.14. The first-order chi connectivity index (χ1) is 16.7. The van der Waals surface area contributed by atoms with Crippen LogP contribution in [0.15, 0.2) is 79.1 Å². The number of esters is 1. The summed E-state index contributed by atoms with van der Waals surface area (Å²) in [6.07, 6.45) is 7.64. The summed E-state index contributed by atoms with van der Waals surface area (Å²) in [6.45, 7) is 2.59. The number of aromatic nitrogens is 2. The number of phenols is 1. The molecule has 2 aromatic heterocycles. The molecule has 0 radical (unpaired) electrons. The van der Waals surface area contributed by atoms with Gasteiger partial charge in [-0.05, 0) is 48.9 Å². The average molecular weight is 456 g/mol. The summed E-state index contributed by atoms with van der Waals surface area (Å²) in [5, 5.41) is 15.3. The van der Waals surface area contributed by atoms with Gasteiger partial charge in [0.25, 0.3) is 0 Å². The molecule has 2 aromatic carbocycles. The molecule has 34 heavy (non-hydrogen) atoms. The number of nitrogens with zero attached hydrogens (tertiary/aromatic N) is 2. The normalized spacial score (nSPS) is 11.8. The number of phenolic OH excluding ortho intramolecular Hbond substituents is 1. The van der Waals surface area contributed by atoms with Gasteiger partial charge in [-0.3, -0.25) is 9.97 Å². The quantitative estimate of drug-likeness (QED) is 0.216. The minimum Gasteiger partial charge on any atom is -0.505 e. The Labute approximate surface area is 199 Å². The van der Waals surface area contributed by atoms with Crippen molar-refractivity contribution < 1.29 is 14.6 Å². The van der Waals surface area contributed by atoms with Crippen molar-refractivity contribution in [2.45, 2.75) is 38.6 Å². The maximum atomic E-state index is 12.3. The molecule has 174 valence electrons. The van der Waals surface area contributed by atoms with Crippen molar-refractivity contribution in [2.75, 3.05) is 11.9 Å². The van der Waals surface area contributed by atoms with E-state index in [9.17, 15) is 9.90 Å². The highest BCUT2D eigenvalue weighted by atomic mass is 16.5. The van der Waals surface area contributed by atoms with Gasteiger partial charge in [-0.15, -0.1) is 0 Å². The molecule has 0 aliphatic rings. The Bertz CT molecular complexity index is 1230. The number of ether oxygens (including phenoxy) is 1. The van der Waals surface area contributed by atoms with Crippen LogP contribution in [0.5, 0.6) is 5.75 Å². The minimum atomic E-state index is -0.413. The van der Waals surface area contributed by atoms with Crippen LogP contribution in [-0.4, -0.2) is 27.7 Å². The van der Waals surface area contributed by atoms with E-state index < -0.39 is 6.04 Å². The van der Waals surface area contributed by atoms with E-state index in [0.717, 1.165) is 42.5 Å². The highest BCUT2D eigenvalue weighted by molar-refractivity contribution is 5.90. The fraction of sp³-hybridized carbons (Fsp3) is 0.250. The van der Waals surface area contributed by atoms with E-state index in [1.54, 1.807) is 24.5 Å². The molecule has 2 heterocycles. The van der Waals surface area contributed by atoms with Crippen molar-refractivity contribution in [3.63, 3.8) is 0 Å². The first kappa shape index (κ1) is 23.2. The molecular weight excluding hydrogens is 426 g/mol. The second-order valence-electron chi connectivity index (χ2n) is 8.18. The van der Waals surface area contributed by atoms with Crippen molar-refractivity contribution in [3.8, 4) is 5.75 Å². The van der Waals surface area contributed by atoms with Gasteiger partial charge in [0, 0.05) is 29.0 Å². The third-order valence-corrected chi connectivity index (χ3v) is 5.74. The van der Waals surface area contributed by atoms with E-state index >= 15 is 0 Å². The number of nitrogens with one attached hydrogen (secondary N) is 1. The zero-order valence-corrected chi connectivity index (χ0v) is 19.3. The van der Waals surface area contributed by atoms with E-state index in [2.05, 4.69) is 22.2 Å². The Morgan fingerprint density at radius 1 is 0.941 bits per heavy atom.